The molecule has 1 saturated heterocycles. The summed E-state index contributed by atoms with van der Waals surface area (Å²) in [6.07, 6.45) is 3.23. The van der Waals surface area contributed by atoms with Crippen LogP contribution in [0.3, 0.4) is 0 Å². The fraction of sp³-hybridized carbons (Fsp3) is 1.00. The Bertz CT molecular complexity index is 182. The monoisotopic (exact) mass is 143 g/mol. The van der Waals surface area contributed by atoms with Crippen LogP contribution in [-0.2, 0) is 4.74 Å². The van der Waals surface area contributed by atoms with Crippen molar-refractivity contribution in [1.29, 1.82) is 0 Å². The molecule has 2 rings (SSSR count). The molecule has 0 aromatic carbocycles. The molecule has 1 aliphatic heterocycles. The molecule has 10 heavy (non-hydrogen) atoms. The summed E-state index contributed by atoms with van der Waals surface area (Å²) in [7, 11) is 0. The third-order valence-corrected chi connectivity index (χ3v) is 2.37. The van der Waals surface area contributed by atoms with Crippen molar-refractivity contribution in [2.75, 3.05) is 6.54 Å². The molecule has 0 radical (unpaired) electrons. The summed E-state index contributed by atoms with van der Waals surface area (Å²) < 4.78 is 5.21. The zero-order valence-electron chi connectivity index (χ0n) is 5.58. The van der Waals surface area contributed by atoms with E-state index in [1.165, 1.54) is 0 Å². The first-order chi connectivity index (χ1) is 4.73. The van der Waals surface area contributed by atoms with Crippen LogP contribution >= 0.6 is 0 Å². The normalized spacial score (nSPS) is 43.0. The molecule has 2 atom stereocenters. The lowest BCUT2D eigenvalue weighted by Crippen LogP contribution is -2.22. The summed E-state index contributed by atoms with van der Waals surface area (Å²) in [6, 6.07) is 0. The number of nitro groups is 1. The first kappa shape index (κ1) is 6.09. The third kappa shape index (κ3) is 0.718. The molecule has 1 heterocycles. The van der Waals surface area contributed by atoms with Crippen molar-refractivity contribution >= 4 is 0 Å². The van der Waals surface area contributed by atoms with Gasteiger partial charge >= 0.3 is 0 Å². The largest absolute Gasteiger partial charge is 0.359 e. The Morgan fingerprint density at radius 3 is 3.00 bits per heavy atom. The standard InChI is InChI=1S/C6H9NO3/c8-7(9)4-6-3-1-2-5(6)10-6/h5H,1-4H2. The quantitative estimate of drug-likeness (QED) is 0.323. The van der Waals surface area contributed by atoms with Gasteiger partial charge in [-0.3, -0.25) is 10.1 Å². The minimum atomic E-state index is -0.316. The molecule has 2 fully saturated rings. The molecule has 0 aromatic heterocycles. The Morgan fingerprint density at radius 1 is 1.80 bits per heavy atom. The van der Waals surface area contributed by atoms with E-state index in [-0.39, 0.29) is 23.2 Å². The number of fused-ring (bicyclic) bond motifs is 1. The van der Waals surface area contributed by atoms with Gasteiger partial charge in [0.1, 0.15) is 0 Å². The van der Waals surface area contributed by atoms with E-state index in [1.54, 1.807) is 0 Å². The lowest BCUT2D eigenvalue weighted by Gasteiger charge is -1.99. The maximum atomic E-state index is 10.1. The van der Waals surface area contributed by atoms with Crippen LogP contribution in [0.2, 0.25) is 0 Å². The Hall–Kier alpha value is -0.640. The minimum absolute atomic E-state index is 0.0116. The number of epoxide rings is 1. The van der Waals surface area contributed by atoms with Crippen LogP contribution < -0.4 is 0 Å². The van der Waals surface area contributed by atoms with Gasteiger partial charge in [0.05, 0.1) is 6.10 Å². The molecule has 2 unspecified atom stereocenters. The Morgan fingerprint density at radius 2 is 2.60 bits per heavy atom. The highest BCUT2D eigenvalue weighted by Crippen LogP contribution is 2.49. The van der Waals surface area contributed by atoms with Crippen molar-refractivity contribution in [3.63, 3.8) is 0 Å². The van der Waals surface area contributed by atoms with Gasteiger partial charge in [-0.2, -0.15) is 0 Å². The molecule has 56 valence electrons. The van der Waals surface area contributed by atoms with E-state index in [0.717, 1.165) is 19.3 Å². The van der Waals surface area contributed by atoms with Crippen LogP contribution in [0.25, 0.3) is 0 Å². The average molecular weight is 143 g/mol. The molecule has 1 saturated carbocycles. The van der Waals surface area contributed by atoms with E-state index in [0.29, 0.717) is 0 Å². The molecular weight excluding hydrogens is 134 g/mol. The van der Waals surface area contributed by atoms with Crippen molar-refractivity contribution < 1.29 is 9.66 Å². The topological polar surface area (TPSA) is 55.7 Å². The lowest BCUT2D eigenvalue weighted by atomic mass is 10.1. The summed E-state index contributed by atoms with van der Waals surface area (Å²) in [5.41, 5.74) is -0.316. The Labute approximate surface area is 58.3 Å². The fourth-order valence-corrected chi connectivity index (χ4v) is 1.81. The molecule has 2 aliphatic rings. The first-order valence-electron chi connectivity index (χ1n) is 3.53. The maximum Gasteiger partial charge on any atom is 0.235 e. The first-order valence-corrected chi connectivity index (χ1v) is 3.53. The second-order valence-electron chi connectivity index (χ2n) is 3.05. The number of nitrogens with zero attached hydrogens (tertiary/aromatic N) is 1. The highest BCUT2D eigenvalue weighted by molar-refractivity contribution is 5.07. The summed E-state index contributed by atoms with van der Waals surface area (Å²) in [6.45, 7) is 0.0116. The SMILES string of the molecule is O=[N+]([O-])CC12CCCC1O2. The van der Waals surface area contributed by atoms with Gasteiger partial charge in [-0.05, 0) is 19.3 Å². The van der Waals surface area contributed by atoms with E-state index in [2.05, 4.69) is 0 Å². The average Bonchev–Trinajstić information content (AvgIpc) is 2.33. The van der Waals surface area contributed by atoms with Gasteiger partial charge in [-0.15, -0.1) is 0 Å². The van der Waals surface area contributed by atoms with Gasteiger partial charge in [0.15, 0.2) is 5.60 Å². The Kier molecular flexibility index (Phi) is 1.03. The zero-order valence-corrected chi connectivity index (χ0v) is 5.58. The van der Waals surface area contributed by atoms with Gasteiger partial charge in [-0.1, -0.05) is 0 Å². The zero-order chi connectivity index (χ0) is 7.19. The highest BCUT2D eigenvalue weighted by Gasteiger charge is 2.62. The Balaban J connectivity index is 1.99. The molecule has 0 bridgehead atoms. The molecule has 0 amide bonds. The molecule has 4 nitrogen and oxygen atoms in total. The second kappa shape index (κ2) is 1.69. The number of hydrogen-bond acceptors (Lipinski definition) is 3. The van der Waals surface area contributed by atoms with Gasteiger partial charge < -0.3 is 4.74 Å². The number of rotatable bonds is 2. The van der Waals surface area contributed by atoms with Crippen LogP contribution in [-0.4, -0.2) is 23.2 Å². The minimum Gasteiger partial charge on any atom is -0.359 e. The molecule has 0 spiro atoms. The van der Waals surface area contributed by atoms with Crippen molar-refractivity contribution in [2.45, 2.75) is 31.0 Å². The molecular formula is C6H9NO3. The third-order valence-electron chi connectivity index (χ3n) is 2.37. The molecule has 0 N–H and O–H groups in total. The van der Waals surface area contributed by atoms with E-state index >= 15 is 0 Å². The predicted octanol–water partition coefficient (Wildman–Crippen LogP) is 0.585. The summed E-state index contributed by atoms with van der Waals surface area (Å²) >= 11 is 0. The lowest BCUT2D eigenvalue weighted by molar-refractivity contribution is -0.488. The van der Waals surface area contributed by atoms with E-state index in [9.17, 15) is 10.1 Å². The van der Waals surface area contributed by atoms with Crippen molar-refractivity contribution in [1.82, 2.24) is 0 Å². The molecule has 4 heteroatoms. The molecule has 0 aromatic rings. The van der Waals surface area contributed by atoms with Gasteiger partial charge in [-0.25, -0.2) is 0 Å². The predicted molar refractivity (Wildman–Crippen MR) is 33.3 cm³/mol. The van der Waals surface area contributed by atoms with E-state index in [4.69, 9.17) is 4.74 Å². The van der Waals surface area contributed by atoms with Crippen LogP contribution in [0.15, 0.2) is 0 Å². The van der Waals surface area contributed by atoms with Crippen LogP contribution in [0.1, 0.15) is 19.3 Å². The maximum absolute atomic E-state index is 10.1. The van der Waals surface area contributed by atoms with Gasteiger partial charge in [0.2, 0.25) is 6.54 Å². The van der Waals surface area contributed by atoms with E-state index < -0.39 is 0 Å². The summed E-state index contributed by atoms with van der Waals surface area (Å²) in [5, 5.41) is 10.1. The van der Waals surface area contributed by atoms with Crippen molar-refractivity contribution in [3.8, 4) is 0 Å². The highest BCUT2D eigenvalue weighted by atomic mass is 16.7. The second-order valence-corrected chi connectivity index (χ2v) is 3.05. The number of hydrogen-bond donors (Lipinski definition) is 0. The fourth-order valence-electron chi connectivity index (χ4n) is 1.81. The van der Waals surface area contributed by atoms with E-state index in [1.807, 2.05) is 0 Å². The summed E-state index contributed by atoms with van der Waals surface area (Å²) in [4.78, 5) is 9.84. The van der Waals surface area contributed by atoms with Crippen LogP contribution in [0, 0.1) is 10.1 Å². The van der Waals surface area contributed by atoms with Crippen LogP contribution in [0.4, 0.5) is 0 Å². The van der Waals surface area contributed by atoms with Crippen LogP contribution in [0.5, 0.6) is 0 Å². The molecule has 1 aliphatic carbocycles. The number of ether oxygens (including phenoxy) is 1. The van der Waals surface area contributed by atoms with Gasteiger partial charge in [0.25, 0.3) is 0 Å². The van der Waals surface area contributed by atoms with Gasteiger partial charge in [0, 0.05) is 4.92 Å². The smallest absolute Gasteiger partial charge is 0.235 e. The summed E-state index contributed by atoms with van der Waals surface area (Å²) in [5.74, 6) is 0. The van der Waals surface area contributed by atoms with Crippen molar-refractivity contribution in [2.24, 2.45) is 0 Å². The van der Waals surface area contributed by atoms with Crippen molar-refractivity contribution in [3.05, 3.63) is 10.1 Å².